The lowest BCUT2D eigenvalue weighted by Crippen LogP contribution is -2.50. The van der Waals surface area contributed by atoms with Crippen LogP contribution in [0.4, 0.5) is 14.5 Å². The van der Waals surface area contributed by atoms with Crippen molar-refractivity contribution in [1.82, 2.24) is 10.3 Å². The third-order valence-corrected chi connectivity index (χ3v) is 4.05. The van der Waals surface area contributed by atoms with Gasteiger partial charge < -0.3 is 15.4 Å². The highest BCUT2D eigenvalue weighted by Gasteiger charge is 2.42. The Kier molecular flexibility index (Phi) is 4.98. The number of amides is 1. The highest BCUT2D eigenvalue weighted by molar-refractivity contribution is 6.05. The summed E-state index contributed by atoms with van der Waals surface area (Å²) in [5, 5.41) is 5.22. The van der Waals surface area contributed by atoms with Gasteiger partial charge in [0.25, 0.3) is 5.91 Å². The summed E-state index contributed by atoms with van der Waals surface area (Å²) in [6.07, 6.45) is 8.40. The molecule has 1 atom stereocenters. The van der Waals surface area contributed by atoms with Crippen LogP contribution in [0.25, 0.3) is 0 Å². The molecule has 2 aromatic rings. The molecule has 3 rings (SSSR count). The van der Waals surface area contributed by atoms with Crippen LogP contribution in [0.15, 0.2) is 61.1 Å². The van der Waals surface area contributed by atoms with Gasteiger partial charge in [0.15, 0.2) is 5.54 Å². The highest BCUT2D eigenvalue weighted by atomic mass is 19.1. The fourth-order valence-corrected chi connectivity index (χ4v) is 2.77. The van der Waals surface area contributed by atoms with Crippen LogP contribution in [0, 0.1) is 11.6 Å². The van der Waals surface area contributed by atoms with Gasteiger partial charge in [0.1, 0.15) is 11.6 Å². The molecule has 8 heteroatoms. The number of halogens is 2. The van der Waals surface area contributed by atoms with Crippen LogP contribution in [0.1, 0.15) is 15.9 Å². The second-order valence-electron chi connectivity index (χ2n) is 5.63. The number of nitrogens with zero attached hydrogens (tertiary/aromatic N) is 1. The van der Waals surface area contributed by atoms with E-state index in [2.05, 4.69) is 20.4 Å². The normalized spacial score (nSPS) is 17.9. The van der Waals surface area contributed by atoms with Gasteiger partial charge in [0.05, 0.1) is 30.1 Å². The maximum atomic E-state index is 14.4. The standard InChI is InChI=1S/C19H15F2N3O3/c1-27-17(25)12-7-10-22-11-15(12)24-18(26)19(8-2-3-9-23-19)16-13(20)5-4-6-14(16)21/h2-11,23H,1H3,(H,24,26). The molecule has 138 valence electrons. The third kappa shape index (κ3) is 3.29. The molecule has 0 saturated heterocycles. The molecule has 0 spiro atoms. The number of carbonyl (C=O) groups excluding carboxylic acids is 2. The molecule has 1 amide bonds. The van der Waals surface area contributed by atoms with Crippen LogP contribution in [0.5, 0.6) is 0 Å². The van der Waals surface area contributed by atoms with E-state index in [-0.39, 0.29) is 11.3 Å². The van der Waals surface area contributed by atoms with Crippen LogP contribution < -0.4 is 10.6 Å². The summed E-state index contributed by atoms with van der Waals surface area (Å²) in [5.74, 6) is -3.27. The monoisotopic (exact) mass is 371 g/mol. The average Bonchev–Trinajstić information content (AvgIpc) is 2.68. The summed E-state index contributed by atoms with van der Waals surface area (Å²) in [4.78, 5) is 28.8. The first-order chi connectivity index (χ1) is 13.0. The quantitative estimate of drug-likeness (QED) is 0.808. The Morgan fingerprint density at radius 1 is 1.19 bits per heavy atom. The smallest absolute Gasteiger partial charge is 0.340 e. The predicted octanol–water partition coefficient (Wildman–Crippen LogP) is 2.65. The van der Waals surface area contributed by atoms with Crippen LogP contribution in [0.3, 0.4) is 0 Å². The number of nitrogens with one attached hydrogen (secondary N) is 2. The number of hydrogen-bond donors (Lipinski definition) is 2. The number of carbonyl (C=O) groups is 2. The summed E-state index contributed by atoms with van der Waals surface area (Å²) >= 11 is 0. The number of anilines is 1. The molecule has 1 aromatic heterocycles. The van der Waals surface area contributed by atoms with E-state index in [9.17, 15) is 18.4 Å². The summed E-state index contributed by atoms with van der Waals surface area (Å²) in [5.41, 5.74) is -2.21. The molecule has 0 radical (unpaired) electrons. The fourth-order valence-electron chi connectivity index (χ4n) is 2.77. The maximum Gasteiger partial charge on any atom is 0.340 e. The van der Waals surface area contributed by atoms with Crippen molar-refractivity contribution < 1.29 is 23.1 Å². The SMILES string of the molecule is COC(=O)c1ccncc1NC(=O)C1(c2c(F)cccc2F)C=CC=CN1. The largest absolute Gasteiger partial charge is 0.465 e. The van der Waals surface area contributed by atoms with Gasteiger partial charge in [-0.3, -0.25) is 9.78 Å². The van der Waals surface area contributed by atoms with Gasteiger partial charge >= 0.3 is 5.97 Å². The van der Waals surface area contributed by atoms with E-state index in [0.717, 1.165) is 12.1 Å². The number of methoxy groups -OCH3 is 1. The number of dihydropyridines is 1. The van der Waals surface area contributed by atoms with Crippen LogP contribution in [-0.2, 0) is 15.1 Å². The van der Waals surface area contributed by atoms with Gasteiger partial charge in [-0.25, -0.2) is 13.6 Å². The fraction of sp³-hybridized carbons (Fsp3) is 0.105. The Morgan fingerprint density at radius 2 is 1.93 bits per heavy atom. The third-order valence-electron chi connectivity index (χ3n) is 4.05. The minimum absolute atomic E-state index is 0.0511. The van der Waals surface area contributed by atoms with E-state index in [1.165, 1.54) is 50.0 Å². The van der Waals surface area contributed by atoms with E-state index in [0.29, 0.717) is 0 Å². The van der Waals surface area contributed by atoms with Crippen molar-refractivity contribution in [3.63, 3.8) is 0 Å². The Hall–Kier alpha value is -3.55. The van der Waals surface area contributed by atoms with Crippen molar-refractivity contribution in [3.05, 3.63) is 83.8 Å². The predicted molar refractivity (Wildman–Crippen MR) is 93.7 cm³/mol. The van der Waals surface area contributed by atoms with Crippen molar-refractivity contribution in [2.45, 2.75) is 5.54 Å². The van der Waals surface area contributed by atoms with Crippen LogP contribution in [-0.4, -0.2) is 24.0 Å². The van der Waals surface area contributed by atoms with Crippen molar-refractivity contribution >= 4 is 17.6 Å². The van der Waals surface area contributed by atoms with Crippen molar-refractivity contribution in [3.8, 4) is 0 Å². The van der Waals surface area contributed by atoms with Crippen molar-refractivity contribution in [2.75, 3.05) is 12.4 Å². The lowest BCUT2D eigenvalue weighted by atomic mass is 9.86. The lowest BCUT2D eigenvalue weighted by Gasteiger charge is -2.32. The zero-order valence-corrected chi connectivity index (χ0v) is 14.2. The molecule has 0 bridgehead atoms. The molecule has 1 unspecified atom stereocenters. The summed E-state index contributed by atoms with van der Waals surface area (Å²) < 4.78 is 33.5. The van der Waals surface area contributed by atoms with E-state index in [1.807, 2.05) is 0 Å². The number of esters is 1. The summed E-state index contributed by atoms with van der Waals surface area (Å²) in [7, 11) is 1.20. The van der Waals surface area contributed by atoms with Gasteiger partial charge in [-0.2, -0.15) is 0 Å². The van der Waals surface area contributed by atoms with Crippen molar-refractivity contribution in [2.24, 2.45) is 0 Å². The number of rotatable bonds is 4. The lowest BCUT2D eigenvalue weighted by molar-refractivity contribution is -0.120. The minimum atomic E-state index is -1.85. The Balaban J connectivity index is 2.06. The summed E-state index contributed by atoms with van der Waals surface area (Å²) in [6, 6.07) is 4.69. The van der Waals surface area contributed by atoms with E-state index in [4.69, 9.17) is 0 Å². The van der Waals surface area contributed by atoms with Crippen molar-refractivity contribution in [1.29, 1.82) is 0 Å². The molecule has 1 aliphatic rings. The molecule has 1 aromatic carbocycles. The second kappa shape index (κ2) is 7.36. The second-order valence-corrected chi connectivity index (χ2v) is 5.63. The molecule has 2 N–H and O–H groups in total. The van der Waals surface area contributed by atoms with Gasteiger partial charge in [-0.05, 0) is 36.6 Å². The molecule has 0 aliphatic carbocycles. The van der Waals surface area contributed by atoms with Gasteiger partial charge in [-0.1, -0.05) is 12.1 Å². The van der Waals surface area contributed by atoms with Crippen LogP contribution in [0.2, 0.25) is 0 Å². The first-order valence-corrected chi connectivity index (χ1v) is 7.90. The first-order valence-electron chi connectivity index (χ1n) is 7.90. The molecular formula is C19H15F2N3O3. The Morgan fingerprint density at radius 3 is 2.56 bits per heavy atom. The highest BCUT2D eigenvalue weighted by Crippen LogP contribution is 2.32. The molecule has 0 saturated carbocycles. The number of hydrogen-bond acceptors (Lipinski definition) is 5. The zero-order chi connectivity index (χ0) is 19.4. The van der Waals surface area contributed by atoms with Gasteiger partial charge in [-0.15, -0.1) is 0 Å². The van der Waals surface area contributed by atoms with E-state index < -0.39 is 34.6 Å². The minimum Gasteiger partial charge on any atom is -0.465 e. The Bertz CT molecular complexity index is 939. The van der Waals surface area contributed by atoms with Crippen LogP contribution >= 0.6 is 0 Å². The number of ether oxygens (including phenoxy) is 1. The number of benzene rings is 1. The van der Waals surface area contributed by atoms with Gasteiger partial charge in [0.2, 0.25) is 0 Å². The number of pyridine rings is 1. The van der Waals surface area contributed by atoms with Gasteiger partial charge in [0, 0.05) is 6.20 Å². The molecule has 1 aliphatic heterocycles. The van der Waals surface area contributed by atoms with E-state index in [1.54, 1.807) is 6.08 Å². The molecule has 0 fully saturated rings. The molecule has 27 heavy (non-hydrogen) atoms. The summed E-state index contributed by atoms with van der Waals surface area (Å²) in [6.45, 7) is 0. The maximum absolute atomic E-state index is 14.4. The number of allylic oxidation sites excluding steroid dienone is 2. The molecule has 6 nitrogen and oxygen atoms in total. The molecular weight excluding hydrogens is 356 g/mol. The average molecular weight is 371 g/mol. The van der Waals surface area contributed by atoms with E-state index >= 15 is 0 Å². The first kappa shape index (κ1) is 18.2. The zero-order valence-electron chi connectivity index (χ0n) is 14.2. The Labute approximate surface area is 153 Å². The number of aromatic nitrogens is 1. The molecule has 2 heterocycles. The topological polar surface area (TPSA) is 80.3 Å².